The molecule has 1 aliphatic heterocycles. The van der Waals surface area contributed by atoms with Gasteiger partial charge in [-0.1, -0.05) is 103 Å². The van der Waals surface area contributed by atoms with Crippen LogP contribution in [0.5, 0.6) is 0 Å². The lowest BCUT2D eigenvalue weighted by Gasteiger charge is -2.49. The molecule has 4 heteroatoms. The topological polar surface area (TPSA) is 37.4 Å². The molecule has 4 aromatic rings. The summed E-state index contributed by atoms with van der Waals surface area (Å²) in [6, 6.07) is 33.6. The summed E-state index contributed by atoms with van der Waals surface area (Å²) in [6.07, 6.45) is 7.44. The molecular formula is C34H32NO2P. The van der Waals surface area contributed by atoms with E-state index in [0.717, 1.165) is 40.0 Å². The molecule has 3 nitrogen and oxygen atoms in total. The lowest BCUT2D eigenvalue weighted by Crippen LogP contribution is -2.45. The molecule has 5 atom stereocenters. The van der Waals surface area contributed by atoms with E-state index in [4.69, 9.17) is 0 Å². The van der Waals surface area contributed by atoms with Gasteiger partial charge in [0.25, 0.3) is 0 Å². The van der Waals surface area contributed by atoms with Crippen molar-refractivity contribution in [3.05, 3.63) is 120 Å². The molecule has 1 heterocycles. The highest BCUT2D eigenvalue weighted by Crippen LogP contribution is 2.81. The van der Waals surface area contributed by atoms with Crippen molar-refractivity contribution in [3.8, 4) is 0 Å². The number of rotatable bonds is 3. The fourth-order valence-electron chi connectivity index (χ4n) is 7.98. The second-order valence-corrected chi connectivity index (χ2v) is 14.1. The molecule has 0 amide bonds. The number of hydrogen-bond acceptors (Lipinski definition) is 2. The van der Waals surface area contributed by atoms with E-state index in [-0.39, 0.29) is 17.9 Å². The van der Waals surface area contributed by atoms with Gasteiger partial charge < -0.3 is 4.57 Å². The molecule has 3 aliphatic rings. The first-order valence-corrected chi connectivity index (χ1v) is 15.4. The van der Waals surface area contributed by atoms with Gasteiger partial charge in [-0.2, -0.15) is 0 Å². The first kappa shape index (κ1) is 23.8. The monoisotopic (exact) mass is 517 g/mol. The molecule has 0 aromatic heterocycles. The molecule has 38 heavy (non-hydrogen) atoms. The van der Waals surface area contributed by atoms with Crippen LogP contribution in [-0.2, 0) is 14.5 Å². The second kappa shape index (κ2) is 8.90. The molecule has 1 unspecified atom stereocenters. The molecule has 0 spiro atoms. The van der Waals surface area contributed by atoms with Gasteiger partial charge in [0.05, 0.1) is 5.16 Å². The van der Waals surface area contributed by atoms with Gasteiger partial charge in [-0.15, -0.1) is 0 Å². The maximum atomic E-state index is 16.6. The van der Waals surface area contributed by atoms with Crippen LogP contribution >= 0.6 is 7.29 Å². The Bertz CT molecular complexity index is 1620. The number of benzene rings is 4. The molecule has 1 saturated carbocycles. The van der Waals surface area contributed by atoms with E-state index >= 15 is 4.57 Å². The summed E-state index contributed by atoms with van der Waals surface area (Å²) < 4.78 is 18.8. The Hall–Kier alpha value is -3.26. The highest BCUT2D eigenvalue weighted by atomic mass is 31.2. The van der Waals surface area contributed by atoms with Gasteiger partial charge in [-0.3, -0.25) is 4.79 Å². The van der Waals surface area contributed by atoms with Gasteiger partial charge in [0.1, 0.15) is 5.78 Å². The van der Waals surface area contributed by atoms with E-state index in [9.17, 15) is 4.79 Å². The maximum absolute atomic E-state index is 16.6. The predicted molar refractivity (Wildman–Crippen MR) is 156 cm³/mol. The van der Waals surface area contributed by atoms with Gasteiger partial charge in [0, 0.05) is 30.1 Å². The molecule has 0 bridgehead atoms. The van der Waals surface area contributed by atoms with E-state index in [1.54, 1.807) is 0 Å². The number of nitrogens with zero attached hydrogens (tertiary/aromatic N) is 1. The van der Waals surface area contributed by atoms with Crippen LogP contribution in [0.25, 0.3) is 16.8 Å². The van der Waals surface area contributed by atoms with Crippen molar-refractivity contribution < 1.29 is 9.36 Å². The van der Waals surface area contributed by atoms with Crippen LogP contribution in [0, 0.1) is 11.8 Å². The van der Waals surface area contributed by atoms with Crippen LogP contribution in [-0.4, -0.2) is 17.5 Å². The minimum Gasteiger partial charge on any atom is -0.300 e. The lowest BCUT2D eigenvalue weighted by atomic mass is 9.64. The Morgan fingerprint density at radius 3 is 2.45 bits per heavy atom. The highest BCUT2D eigenvalue weighted by Gasteiger charge is 2.70. The van der Waals surface area contributed by atoms with E-state index in [1.807, 2.05) is 18.2 Å². The van der Waals surface area contributed by atoms with Crippen molar-refractivity contribution in [2.24, 2.45) is 11.8 Å². The molecule has 0 radical (unpaired) electrons. The van der Waals surface area contributed by atoms with Crippen LogP contribution in [0.2, 0.25) is 0 Å². The fourth-order valence-corrected chi connectivity index (χ4v) is 12.6. The lowest BCUT2D eigenvalue weighted by molar-refractivity contribution is -0.122. The van der Waals surface area contributed by atoms with Crippen molar-refractivity contribution in [1.82, 2.24) is 4.67 Å². The van der Waals surface area contributed by atoms with Gasteiger partial charge >= 0.3 is 0 Å². The average molecular weight is 518 g/mol. The van der Waals surface area contributed by atoms with Gasteiger partial charge in [-0.25, -0.2) is 4.67 Å². The van der Waals surface area contributed by atoms with Crippen LogP contribution < -0.4 is 5.30 Å². The smallest absolute Gasteiger partial charge is 0.190 e. The van der Waals surface area contributed by atoms with Crippen molar-refractivity contribution in [2.75, 3.05) is 7.05 Å². The van der Waals surface area contributed by atoms with Gasteiger partial charge in [-0.05, 0) is 59.3 Å². The van der Waals surface area contributed by atoms with E-state index < -0.39 is 12.4 Å². The molecule has 7 rings (SSSR count). The molecule has 4 aromatic carbocycles. The van der Waals surface area contributed by atoms with E-state index in [2.05, 4.69) is 103 Å². The Labute approximate surface area is 224 Å². The normalized spacial score (nSPS) is 30.8. The van der Waals surface area contributed by atoms with Crippen LogP contribution in [0.1, 0.15) is 48.4 Å². The number of ketones is 1. The summed E-state index contributed by atoms with van der Waals surface area (Å²) in [5, 5.41) is 2.37. The van der Waals surface area contributed by atoms with Gasteiger partial charge in [0.2, 0.25) is 0 Å². The van der Waals surface area contributed by atoms with Crippen LogP contribution in [0.4, 0.5) is 0 Å². The summed E-state index contributed by atoms with van der Waals surface area (Å²) in [6.45, 7) is 0. The third-order valence-corrected chi connectivity index (χ3v) is 13.5. The molecule has 2 fully saturated rings. The SMILES string of the molecule is CN1[C@H](c2ccccc2)[C@@H]2C=Cc3ccccc3[C@]2([C@@H]2CCCC(=O)C2)P1(=O)c1cccc2ccccc12. The third-order valence-electron chi connectivity index (χ3n) is 9.41. The Morgan fingerprint density at radius 1 is 0.868 bits per heavy atom. The first-order chi connectivity index (χ1) is 18.6. The Kier molecular flexibility index (Phi) is 5.58. The average Bonchev–Trinajstić information content (AvgIpc) is 3.18. The highest BCUT2D eigenvalue weighted by molar-refractivity contribution is 7.71. The second-order valence-electron chi connectivity index (χ2n) is 11.1. The fraction of sp³-hybridized carbons (Fsp3) is 0.265. The maximum Gasteiger partial charge on any atom is 0.190 e. The minimum absolute atomic E-state index is 0.000754. The quantitative estimate of drug-likeness (QED) is 0.261. The van der Waals surface area contributed by atoms with E-state index in [0.29, 0.717) is 18.6 Å². The predicted octanol–water partition coefficient (Wildman–Crippen LogP) is 7.73. The Balaban J connectivity index is 1.62. The van der Waals surface area contributed by atoms with Crippen LogP contribution in [0.3, 0.4) is 0 Å². The summed E-state index contributed by atoms with van der Waals surface area (Å²) in [4.78, 5) is 13.1. The molecule has 2 aliphatic carbocycles. The zero-order valence-corrected chi connectivity index (χ0v) is 22.6. The van der Waals surface area contributed by atoms with E-state index in [1.165, 1.54) is 5.56 Å². The number of hydrogen-bond donors (Lipinski definition) is 0. The third kappa shape index (κ3) is 3.12. The molecular weight excluding hydrogens is 485 g/mol. The van der Waals surface area contributed by atoms with Crippen molar-refractivity contribution in [1.29, 1.82) is 0 Å². The minimum atomic E-state index is -3.34. The molecule has 190 valence electrons. The number of carbonyl (C=O) groups excluding carboxylic acids is 1. The number of carbonyl (C=O) groups is 1. The standard InChI is InChI=1S/C34H32NO2P/c1-35-33(26-13-3-2-4-14-26)31-22-21-25-12-6-8-19-30(25)34(31,27-16-10-17-28(36)23-27)38(35,37)32-20-9-15-24-11-5-7-18-29(24)32/h2-9,11-15,18-22,27,31,33H,10,16-17,23H2,1H3/t27-,31+,33-,34+,38?/m1/s1. The zero-order valence-electron chi connectivity index (χ0n) is 21.7. The number of Topliss-reactive ketones (excluding diaryl/α,β-unsaturated/α-hetero) is 1. The summed E-state index contributed by atoms with van der Waals surface area (Å²) in [7, 11) is -1.27. The van der Waals surface area contributed by atoms with Crippen LogP contribution in [0.15, 0.2) is 103 Å². The first-order valence-electron chi connectivity index (χ1n) is 13.7. The molecule has 0 N–H and O–H groups in total. The van der Waals surface area contributed by atoms with Crippen molar-refractivity contribution in [3.63, 3.8) is 0 Å². The molecule has 1 saturated heterocycles. The largest absolute Gasteiger partial charge is 0.300 e. The van der Waals surface area contributed by atoms with Crippen molar-refractivity contribution >= 4 is 35.2 Å². The summed E-state index contributed by atoms with van der Waals surface area (Å²) in [5.74, 6) is 0.281. The summed E-state index contributed by atoms with van der Waals surface area (Å²) in [5.41, 5.74) is 3.45. The number of fused-ring (bicyclic) bond motifs is 4. The summed E-state index contributed by atoms with van der Waals surface area (Å²) >= 11 is 0. The van der Waals surface area contributed by atoms with Crippen molar-refractivity contribution in [2.45, 2.75) is 36.9 Å². The Morgan fingerprint density at radius 2 is 1.61 bits per heavy atom. The zero-order chi connectivity index (χ0) is 25.9. The van der Waals surface area contributed by atoms with Gasteiger partial charge in [0.15, 0.2) is 7.29 Å².